The number of benzene rings is 1. The van der Waals surface area contributed by atoms with Crippen LogP contribution in [0.2, 0.25) is 0 Å². The molecule has 1 aromatic carbocycles. The van der Waals surface area contributed by atoms with E-state index in [-0.39, 0.29) is 0 Å². The van der Waals surface area contributed by atoms with Gasteiger partial charge in [0.2, 0.25) is 0 Å². The molecule has 0 spiro atoms. The molecular formula is C21H22N4S. The van der Waals surface area contributed by atoms with E-state index in [2.05, 4.69) is 71.4 Å². The second-order valence-electron chi connectivity index (χ2n) is 6.58. The first-order valence-corrected chi connectivity index (χ1v) is 9.80. The highest BCUT2D eigenvalue weighted by Gasteiger charge is 2.16. The molecule has 0 unspecified atom stereocenters. The van der Waals surface area contributed by atoms with Gasteiger partial charge in [-0.3, -0.25) is 0 Å². The van der Waals surface area contributed by atoms with Crippen LogP contribution in [0.3, 0.4) is 0 Å². The van der Waals surface area contributed by atoms with Crippen LogP contribution in [0.25, 0.3) is 33.4 Å². The Bertz CT molecular complexity index is 1020. The van der Waals surface area contributed by atoms with Crippen molar-refractivity contribution in [1.29, 1.82) is 0 Å². The van der Waals surface area contributed by atoms with E-state index in [1.54, 1.807) is 11.3 Å². The molecule has 4 aromatic rings. The molecule has 3 heterocycles. The summed E-state index contributed by atoms with van der Waals surface area (Å²) in [5.41, 5.74) is 5.29. The van der Waals surface area contributed by atoms with Crippen molar-refractivity contribution >= 4 is 27.5 Å². The van der Waals surface area contributed by atoms with Gasteiger partial charge < -0.3 is 9.88 Å². The number of nitrogens with zero attached hydrogens (tertiary/aromatic N) is 3. The van der Waals surface area contributed by atoms with E-state index in [0.29, 0.717) is 6.04 Å². The van der Waals surface area contributed by atoms with Crippen molar-refractivity contribution in [3.63, 3.8) is 0 Å². The Morgan fingerprint density at radius 2 is 1.96 bits per heavy atom. The maximum absolute atomic E-state index is 4.89. The second-order valence-corrected chi connectivity index (χ2v) is 7.42. The maximum Gasteiger partial charge on any atom is 0.186 e. The lowest BCUT2D eigenvalue weighted by atomic mass is 10.1. The second kappa shape index (κ2) is 6.92. The molecule has 0 atom stereocenters. The lowest BCUT2D eigenvalue weighted by Crippen LogP contribution is -2.30. The quantitative estimate of drug-likeness (QED) is 0.503. The summed E-state index contributed by atoms with van der Waals surface area (Å²) in [5, 5.41) is 4.31. The van der Waals surface area contributed by atoms with Crippen molar-refractivity contribution in [3.05, 3.63) is 54.2 Å². The molecule has 0 aliphatic heterocycles. The molecular weight excluding hydrogens is 340 g/mol. The van der Waals surface area contributed by atoms with Crippen molar-refractivity contribution < 1.29 is 0 Å². The fourth-order valence-corrected chi connectivity index (χ4v) is 4.27. The Kier molecular flexibility index (Phi) is 4.47. The molecule has 0 aliphatic carbocycles. The molecule has 0 amide bonds. The van der Waals surface area contributed by atoms with Crippen LogP contribution in [-0.4, -0.2) is 27.5 Å². The minimum atomic E-state index is 0.438. The summed E-state index contributed by atoms with van der Waals surface area (Å²) in [4.78, 5) is 15.1. The molecule has 0 saturated heterocycles. The summed E-state index contributed by atoms with van der Waals surface area (Å²) in [6.45, 7) is 7.53. The zero-order valence-electron chi connectivity index (χ0n) is 15.2. The van der Waals surface area contributed by atoms with Crippen molar-refractivity contribution in [2.45, 2.75) is 26.8 Å². The van der Waals surface area contributed by atoms with Crippen molar-refractivity contribution in [1.82, 2.24) is 15.0 Å². The van der Waals surface area contributed by atoms with Gasteiger partial charge in [0.15, 0.2) is 5.13 Å². The van der Waals surface area contributed by atoms with E-state index in [9.17, 15) is 0 Å². The number of rotatable bonds is 5. The van der Waals surface area contributed by atoms with Crippen LogP contribution in [0.4, 0.5) is 5.13 Å². The van der Waals surface area contributed by atoms with Gasteiger partial charge in [-0.1, -0.05) is 30.3 Å². The number of pyridine rings is 1. The summed E-state index contributed by atoms with van der Waals surface area (Å²) >= 11 is 1.70. The molecule has 132 valence electrons. The fraction of sp³-hybridized carbons (Fsp3) is 0.238. The number of nitrogens with one attached hydrogen (secondary N) is 1. The van der Waals surface area contributed by atoms with Crippen LogP contribution in [0.15, 0.2) is 54.2 Å². The highest BCUT2D eigenvalue weighted by molar-refractivity contribution is 7.14. The number of fused-ring (bicyclic) bond motifs is 1. The first kappa shape index (κ1) is 16.8. The Hall–Kier alpha value is -2.66. The zero-order chi connectivity index (χ0) is 18.1. The average Bonchev–Trinajstić information content (AvgIpc) is 3.29. The van der Waals surface area contributed by atoms with Crippen LogP contribution in [0.5, 0.6) is 0 Å². The number of anilines is 1. The minimum absolute atomic E-state index is 0.438. The predicted octanol–water partition coefficient (Wildman–Crippen LogP) is 5.59. The van der Waals surface area contributed by atoms with Crippen LogP contribution in [-0.2, 0) is 0 Å². The molecule has 3 aromatic heterocycles. The zero-order valence-corrected chi connectivity index (χ0v) is 16.0. The summed E-state index contributed by atoms with van der Waals surface area (Å²) in [6, 6.07) is 13.0. The van der Waals surface area contributed by atoms with Gasteiger partial charge in [-0.15, -0.1) is 11.3 Å². The lowest BCUT2D eigenvalue weighted by Gasteiger charge is -2.23. The summed E-state index contributed by atoms with van der Waals surface area (Å²) in [5.74, 6) is 0. The van der Waals surface area contributed by atoms with Gasteiger partial charge in [-0.05, 0) is 32.4 Å². The van der Waals surface area contributed by atoms with E-state index in [1.165, 1.54) is 5.56 Å². The topological polar surface area (TPSA) is 44.8 Å². The van der Waals surface area contributed by atoms with E-state index >= 15 is 0 Å². The summed E-state index contributed by atoms with van der Waals surface area (Å²) in [6.07, 6.45) is 3.93. The van der Waals surface area contributed by atoms with Gasteiger partial charge in [-0.2, -0.15) is 0 Å². The summed E-state index contributed by atoms with van der Waals surface area (Å²) in [7, 11) is 0. The van der Waals surface area contributed by atoms with Gasteiger partial charge >= 0.3 is 0 Å². The highest BCUT2D eigenvalue weighted by atomic mass is 32.1. The molecule has 1 N–H and O–H groups in total. The van der Waals surface area contributed by atoms with E-state index < -0.39 is 0 Å². The third-order valence-electron chi connectivity index (χ3n) is 4.62. The molecule has 0 radical (unpaired) electrons. The van der Waals surface area contributed by atoms with Crippen molar-refractivity contribution in [2.75, 3.05) is 11.4 Å². The smallest absolute Gasteiger partial charge is 0.186 e. The van der Waals surface area contributed by atoms with Gasteiger partial charge in [0.25, 0.3) is 0 Å². The maximum atomic E-state index is 4.89. The average molecular weight is 363 g/mol. The van der Waals surface area contributed by atoms with Gasteiger partial charge in [-0.25, -0.2) is 9.97 Å². The van der Waals surface area contributed by atoms with E-state index in [4.69, 9.17) is 4.98 Å². The standard InChI is InChI=1S/C21H22N4S/c1-4-25(14(2)3)21-24-19(13-26-21)18-12-23-20-17(18)10-16(11-22-20)15-8-6-5-7-9-15/h5-14H,4H2,1-3H3,(H,22,23). The molecule has 4 nitrogen and oxygen atoms in total. The molecule has 5 heteroatoms. The molecule has 0 saturated carbocycles. The fourth-order valence-electron chi connectivity index (χ4n) is 3.24. The number of aromatic nitrogens is 3. The molecule has 0 aliphatic rings. The van der Waals surface area contributed by atoms with Crippen LogP contribution >= 0.6 is 11.3 Å². The highest BCUT2D eigenvalue weighted by Crippen LogP contribution is 2.34. The summed E-state index contributed by atoms with van der Waals surface area (Å²) < 4.78 is 0. The Labute approximate surface area is 157 Å². The molecule has 26 heavy (non-hydrogen) atoms. The van der Waals surface area contributed by atoms with Crippen LogP contribution in [0, 0.1) is 0 Å². The number of H-pyrrole nitrogens is 1. The first-order valence-electron chi connectivity index (χ1n) is 8.92. The van der Waals surface area contributed by atoms with Gasteiger partial charge in [0.05, 0.1) is 5.69 Å². The number of aromatic amines is 1. The number of hydrogen-bond acceptors (Lipinski definition) is 4. The molecule has 4 rings (SSSR count). The number of hydrogen-bond donors (Lipinski definition) is 1. The SMILES string of the molecule is CCN(c1nc(-c2c[nH]c3ncc(-c4ccccc4)cc23)cs1)C(C)C. The van der Waals surface area contributed by atoms with Crippen molar-refractivity contribution in [3.8, 4) is 22.4 Å². The normalized spacial score (nSPS) is 11.4. The van der Waals surface area contributed by atoms with Crippen molar-refractivity contribution in [2.24, 2.45) is 0 Å². The minimum Gasteiger partial charge on any atom is -0.346 e. The predicted molar refractivity (Wildman–Crippen MR) is 111 cm³/mol. The Balaban J connectivity index is 1.77. The van der Waals surface area contributed by atoms with Crippen LogP contribution in [0.1, 0.15) is 20.8 Å². The Morgan fingerprint density at radius 1 is 1.15 bits per heavy atom. The van der Waals surface area contributed by atoms with Crippen LogP contribution < -0.4 is 4.90 Å². The Morgan fingerprint density at radius 3 is 2.69 bits per heavy atom. The molecule has 0 fully saturated rings. The first-order chi connectivity index (χ1) is 12.7. The van der Waals surface area contributed by atoms with Gasteiger partial charge in [0, 0.05) is 46.9 Å². The van der Waals surface area contributed by atoms with E-state index in [1.807, 2.05) is 18.5 Å². The lowest BCUT2D eigenvalue weighted by molar-refractivity contribution is 0.701. The monoisotopic (exact) mass is 362 g/mol. The third kappa shape index (κ3) is 2.99. The number of thiazole rings is 1. The third-order valence-corrected chi connectivity index (χ3v) is 5.49. The van der Waals surface area contributed by atoms with E-state index in [0.717, 1.165) is 39.5 Å². The van der Waals surface area contributed by atoms with Gasteiger partial charge in [0.1, 0.15) is 5.65 Å². The largest absolute Gasteiger partial charge is 0.346 e. The molecule has 0 bridgehead atoms.